The normalized spacial score (nSPS) is 19.1. The lowest BCUT2D eigenvalue weighted by atomic mass is 9.88. The highest BCUT2D eigenvalue weighted by Crippen LogP contribution is 2.30. The first-order valence-corrected chi connectivity index (χ1v) is 7.40. The molecule has 2 unspecified atom stereocenters. The van der Waals surface area contributed by atoms with Gasteiger partial charge in [0.2, 0.25) is 0 Å². The van der Waals surface area contributed by atoms with Crippen LogP contribution in [0, 0.1) is 0 Å². The maximum atomic E-state index is 11.7. The third-order valence-electron chi connectivity index (χ3n) is 3.86. The second-order valence-corrected chi connectivity index (χ2v) is 5.52. The molecule has 0 saturated carbocycles. The number of hydrogen-bond acceptors (Lipinski definition) is 3. The van der Waals surface area contributed by atoms with Crippen LogP contribution in [0.2, 0.25) is 0 Å². The van der Waals surface area contributed by atoms with Crippen molar-refractivity contribution in [3.63, 3.8) is 0 Å². The molecule has 4 heteroatoms. The molecule has 4 nitrogen and oxygen atoms in total. The molecule has 0 aromatic heterocycles. The standard InChI is InChI=1S/C16H24N2O2/c1-3-11(2)18-16(19)10-20-13-7-8-14-12(9-13)5-4-6-15(14)17/h7-9,11,15H,3-6,10,17H2,1-2H3,(H,18,19). The van der Waals surface area contributed by atoms with Crippen LogP contribution >= 0.6 is 0 Å². The molecule has 1 aliphatic carbocycles. The van der Waals surface area contributed by atoms with Gasteiger partial charge in [-0.3, -0.25) is 4.79 Å². The van der Waals surface area contributed by atoms with E-state index in [1.54, 1.807) is 0 Å². The van der Waals surface area contributed by atoms with Crippen molar-refractivity contribution < 1.29 is 9.53 Å². The Labute approximate surface area is 120 Å². The van der Waals surface area contributed by atoms with Crippen LogP contribution in [0.25, 0.3) is 0 Å². The Balaban J connectivity index is 1.92. The molecule has 1 aromatic rings. The highest BCUT2D eigenvalue weighted by Gasteiger charge is 2.17. The predicted molar refractivity (Wildman–Crippen MR) is 79.7 cm³/mol. The van der Waals surface area contributed by atoms with Crippen LogP contribution in [0.3, 0.4) is 0 Å². The Morgan fingerprint density at radius 3 is 3.10 bits per heavy atom. The highest BCUT2D eigenvalue weighted by atomic mass is 16.5. The quantitative estimate of drug-likeness (QED) is 0.867. The molecule has 20 heavy (non-hydrogen) atoms. The summed E-state index contributed by atoms with van der Waals surface area (Å²) < 4.78 is 5.56. The van der Waals surface area contributed by atoms with Gasteiger partial charge in [-0.1, -0.05) is 13.0 Å². The van der Waals surface area contributed by atoms with E-state index in [0.717, 1.165) is 31.4 Å². The van der Waals surface area contributed by atoms with Gasteiger partial charge in [0.25, 0.3) is 5.91 Å². The van der Waals surface area contributed by atoms with Crippen LogP contribution in [0.1, 0.15) is 50.3 Å². The Morgan fingerprint density at radius 2 is 2.35 bits per heavy atom. The van der Waals surface area contributed by atoms with Crippen molar-refractivity contribution in [1.29, 1.82) is 0 Å². The average Bonchev–Trinajstić information content (AvgIpc) is 2.45. The van der Waals surface area contributed by atoms with Crippen molar-refractivity contribution in [2.45, 2.75) is 51.6 Å². The number of nitrogens with two attached hydrogens (primary N) is 1. The Bertz CT molecular complexity index is 474. The zero-order valence-corrected chi connectivity index (χ0v) is 12.3. The van der Waals surface area contributed by atoms with Gasteiger partial charge < -0.3 is 15.8 Å². The van der Waals surface area contributed by atoms with Crippen LogP contribution in [-0.2, 0) is 11.2 Å². The van der Waals surface area contributed by atoms with Crippen LogP contribution < -0.4 is 15.8 Å². The molecule has 3 N–H and O–H groups in total. The maximum Gasteiger partial charge on any atom is 0.258 e. The van der Waals surface area contributed by atoms with Gasteiger partial charge in [0.05, 0.1) is 0 Å². The molecule has 2 rings (SSSR count). The van der Waals surface area contributed by atoms with Crippen LogP contribution in [-0.4, -0.2) is 18.6 Å². The summed E-state index contributed by atoms with van der Waals surface area (Å²) >= 11 is 0. The Kier molecular flexibility index (Phi) is 5.01. The van der Waals surface area contributed by atoms with Gasteiger partial charge in [0, 0.05) is 12.1 Å². The Hall–Kier alpha value is -1.55. The lowest BCUT2D eigenvalue weighted by Crippen LogP contribution is -2.35. The molecular formula is C16H24N2O2. The maximum absolute atomic E-state index is 11.7. The SMILES string of the molecule is CCC(C)NC(=O)COc1ccc2c(c1)CCCC2N. The molecule has 1 aromatic carbocycles. The summed E-state index contributed by atoms with van der Waals surface area (Å²) in [5, 5.41) is 2.89. The zero-order valence-electron chi connectivity index (χ0n) is 12.3. The first kappa shape index (κ1) is 14.9. The largest absolute Gasteiger partial charge is 0.484 e. The first-order chi connectivity index (χ1) is 9.60. The van der Waals surface area contributed by atoms with E-state index in [2.05, 4.69) is 5.32 Å². The second-order valence-electron chi connectivity index (χ2n) is 5.52. The number of carbonyl (C=O) groups is 1. The van der Waals surface area contributed by atoms with Crippen molar-refractivity contribution >= 4 is 5.91 Å². The van der Waals surface area contributed by atoms with E-state index in [1.165, 1.54) is 11.1 Å². The van der Waals surface area contributed by atoms with E-state index < -0.39 is 0 Å². The number of amides is 1. The number of benzene rings is 1. The molecule has 0 aliphatic heterocycles. The number of hydrogen-bond donors (Lipinski definition) is 2. The summed E-state index contributed by atoms with van der Waals surface area (Å²) in [4.78, 5) is 11.7. The van der Waals surface area contributed by atoms with Gasteiger partial charge in [-0.15, -0.1) is 0 Å². The summed E-state index contributed by atoms with van der Waals surface area (Å²) in [6, 6.07) is 6.28. The number of fused-ring (bicyclic) bond motifs is 1. The van der Waals surface area contributed by atoms with Gasteiger partial charge in [-0.05, 0) is 55.9 Å². The van der Waals surface area contributed by atoms with E-state index in [4.69, 9.17) is 10.5 Å². The van der Waals surface area contributed by atoms with E-state index in [0.29, 0.717) is 0 Å². The first-order valence-electron chi connectivity index (χ1n) is 7.40. The average molecular weight is 276 g/mol. The molecule has 0 bridgehead atoms. The molecule has 0 fully saturated rings. The van der Waals surface area contributed by atoms with E-state index in [-0.39, 0.29) is 24.6 Å². The molecule has 0 heterocycles. The van der Waals surface area contributed by atoms with Crippen molar-refractivity contribution in [2.24, 2.45) is 5.73 Å². The fourth-order valence-corrected chi connectivity index (χ4v) is 2.49. The van der Waals surface area contributed by atoms with Crippen LogP contribution in [0.15, 0.2) is 18.2 Å². The minimum absolute atomic E-state index is 0.0647. The fraction of sp³-hybridized carbons (Fsp3) is 0.562. The molecule has 2 atom stereocenters. The van der Waals surface area contributed by atoms with Crippen LogP contribution in [0.4, 0.5) is 0 Å². The number of rotatable bonds is 5. The van der Waals surface area contributed by atoms with E-state index >= 15 is 0 Å². The minimum atomic E-state index is -0.0752. The summed E-state index contributed by atoms with van der Waals surface area (Å²) in [5.74, 6) is 0.672. The van der Waals surface area contributed by atoms with Gasteiger partial charge in [-0.25, -0.2) is 0 Å². The zero-order chi connectivity index (χ0) is 14.5. The monoisotopic (exact) mass is 276 g/mol. The third kappa shape index (κ3) is 3.73. The fourth-order valence-electron chi connectivity index (χ4n) is 2.49. The summed E-state index contributed by atoms with van der Waals surface area (Å²) in [5.41, 5.74) is 8.55. The lowest BCUT2D eigenvalue weighted by Gasteiger charge is -2.22. The molecule has 0 spiro atoms. The van der Waals surface area contributed by atoms with Crippen molar-refractivity contribution in [1.82, 2.24) is 5.32 Å². The topological polar surface area (TPSA) is 64.3 Å². The number of carbonyl (C=O) groups excluding carboxylic acids is 1. The van der Waals surface area contributed by atoms with Crippen molar-refractivity contribution in [2.75, 3.05) is 6.61 Å². The molecule has 1 aliphatic rings. The number of ether oxygens (including phenoxy) is 1. The molecule has 0 radical (unpaired) electrons. The number of aryl methyl sites for hydroxylation is 1. The predicted octanol–water partition coefficient (Wildman–Crippen LogP) is 2.32. The van der Waals surface area contributed by atoms with Gasteiger partial charge >= 0.3 is 0 Å². The highest BCUT2D eigenvalue weighted by molar-refractivity contribution is 5.77. The molecule has 110 valence electrons. The molecular weight excluding hydrogens is 252 g/mol. The summed E-state index contributed by atoms with van der Waals surface area (Å²) in [7, 11) is 0. The third-order valence-corrected chi connectivity index (χ3v) is 3.86. The summed E-state index contributed by atoms with van der Waals surface area (Å²) in [6.45, 7) is 4.09. The minimum Gasteiger partial charge on any atom is -0.484 e. The molecule has 1 amide bonds. The van der Waals surface area contributed by atoms with Gasteiger partial charge in [0.15, 0.2) is 6.61 Å². The van der Waals surface area contributed by atoms with Crippen LogP contribution in [0.5, 0.6) is 5.75 Å². The Morgan fingerprint density at radius 1 is 1.55 bits per heavy atom. The molecule has 0 saturated heterocycles. The number of nitrogens with one attached hydrogen (secondary N) is 1. The van der Waals surface area contributed by atoms with Crippen molar-refractivity contribution in [3.05, 3.63) is 29.3 Å². The second kappa shape index (κ2) is 6.75. The van der Waals surface area contributed by atoms with Crippen molar-refractivity contribution in [3.8, 4) is 5.75 Å². The van der Waals surface area contributed by atoms with Gasteiger partial charge in [0.1, 0.15) is 5.75 Å². The van der Waals surface area contributed by atoms with E-state index in [9.17, 15) is 4.79 Å². The van der Waals surface area contributed by atoms with E-state index in [1.807, 2.05) is 32.0 Å². The smallest absolute Gasteiger partial charge is 0.258 e. The van der Waals surface area contributed by atoms with Gasteiger partial charge in [-0.2, -0.15) is 0 Å². The summed E-state index contributed by atoms with van der Waals surface area (Å²) in [6.07, 6.45) is 4.12. The lowest BCUT2D eigenvalue weighted by molar-refractivity contribution is -0.123.